The molecule has 1 atom stereocenters. The number of halogens is 1. The van der Waals surface area contributed by atoms with Gasteiger partial charge in [-0.25, -0.2) is 4.39 Å². The number of nitrogens with zero attached hydrogens (tertiary/aromatic N) is 3. The minimum absolute atomic E-state index is 0.0280. The first-order valence-corrected chi connectivity index (χ1v) is 7.34. The summed E-state index contributed by atoms with van der Waals surface area (Å²) in [5.41, 5.74) is 1.28. The third-order valence-corrected chi connectivity index (χ3v) is 3.82. The number of nitrogens with one attached hydrogen (secondary N) is 1. The molecule has 6 heteroatoms. The van der Waals surface area contributed by atoms with E-state index in [1.54, 1.807) is 35.4 Å². The van der Waals surface area contributed by atoms with Crippen molar-refractivity contribution >= 4 is 11.6 Å². The molecule has 1 N–H and O–H groups in total. The van der Waals surface area contributed by atoms with E-state index < -0.39 is 5.82 Å². The Morgan fingerprint density at radius 2 is 2.26 bits per heavy atom. The summed E-state index contributed by atoms with van der Waals surface area (Å²) in [7, 11) is 0. The minimum atomic E-state index is -0.439. The fourth-order valence-corrected chi connectivity index (χ4v) is 2.67. The van der Waals surface area contributed by atoms with Gasteiger partial charge in [0.1, 0.15) is 17.6 Å². The van der Waals surface area contributed by atoms with Crippen molar-refractivity contribution in [3.63, 3.8) is 0 Å². The molecule has 1 fully saturated rings. The third kappa shape index (κ3) is 3.29. The molecule has 0 aliphatic carbocycles. The van der Waals surface area contributed by atoms with Crippen molar-refractivity contribution in [3.8, 4) is 6.07 Å². The first-order chi connectivity index (χ1) is 11.2. The van der Waals surface area contributed by atoms with E-state index in [4.69, 9.17) is 5.26 Å². The normalized spacial score (nSPS) is 16.9. The quantitative estimate of drug-likeness (QED) is 0.945. The number of hydrogen-bond donors (Lipinski definition) is 1. The van der Waals surface area contributed by atoms with E-state index in [1.165, 1.54) is 12.1 Å². The zero-order valence-corrected chi connectivity index (χ0v) is 12.4. The maximum Gasteiger partial charge on any atom is 0.272 e. The van der Waals surface area contributed by atoms with Gasteiger partial charge in [-0.2, -0.15) is 5.26 Å². The average molecular weight is 310 g/mol. The van der Waals surface area contributed by atoms with Crippen LogP contribution in [0.15, 0.2) is 42.6 Å². The second-order valence-corrected chi connectivity index (χ2v) is 5.40. The van der Waals surface area contributed by atoms with Crippen LogP contribution in [-0.4, -0.2) is 34.9 Å². The number of aromatic nitrogens is 1. The van der Waals surface area contributed by atoms with Crippen LogP contribution in [0.5, 0.6) is 0 Å². The van der Waals surface area contributed by atoms with Crippen LogP contribution in [0.3, 0.4) is 0 Å². The number of benzene rings is 1. The lowest BCUT2D eigenvalue weighted by molar-refractivity contribution is 0.0786. The van der Waals surface area contributed by atoms with E-state index in [2.05, 4.69) is 10.3 Å². The summed E-state index contributed by atoms with van der Waals surface area (Å²) in [5, 5.41) is 12.3. The van der Waals surface area contributed by atoms with Gasteiger partial charge in [0.25, 0.3) is 5.91 Å². The summed E-state index contributed by atoms with van der Waals surface area (Å²) in [6, 6.07) is 11.3. The van der Waals surface area contributed by atoms with E-state index in [0.29, 0.717) is 24.5 Å². The molecule has 2 aromatic rings. The lowest BCUT2D eigenvalue weighted by Crippen LogP contribution is -2.32. The highest BCUT2D eigenvalue weighted by atomic mass is 19.1. The number of pyridine rings is 1. The van der Waals surface area contributed by atoms with Crippen LogP contribution < -0.4 is 5.32 Å². The standard InChI is InChI=1S/C17H15FN4O/c18-13-4-5-15(12(9-13)10-19)21-14-6-8-22(11-14)17(23)16-3-1-2-7-20-16/h1-5,7,9,14,21H,6,8,11H2. The molecule has 1 aromatic heterocycles. The summed E-state index contributed by atoms with van der Waals surface area (Å²) < 4.78 is 13.2. The Hall–Kier alpha value is -2.94. The van der Waals surface area contributed by atoms with Crippen LogP contribution in [-0.2, 0) is 0 Å². The lowest BCUT2D eigenvalue weighted by atomic mass is 10.1. The van der Waals surface area contributed by atoms with E-state index in [-0.39, 0.29) is 17.5 Å². The predicted molar refractivity (Wildman–Crippen MR) is 83.3 cm³/mol. The Morgan fingerprint density at radius 3 is 3.00 bits per heavy atom. The smallest absolute Gasteiger partial charge is 0.272 e. The largest absolute Gasteiger partial charge is 0.379 e. The van der Waals surface area contributed by atoms with Crippen molar-refractivity contribution in [2.45, 2.75) is 12.5 Å². The Morgan fingerprint density at radius 1 is 1.39 bits per heavy atom. The van der Waals surface area contributed by atoms with Gasteiger partial charge in [0.05, 0.1) is 11.3 Å². The summed E-state index contributed by atoms with van der Waals surface area (Å²) in [6.07, 6.45) is 2.36. The van der Waals surface area contributed by atoms with Crippen molar-refractivity contribution in [1.82, 2.24) is 9.88 Å². The molecule has 1 unspecified atom stereocenters. The third-order valence-electron chi connectivity index (χ3n) is 3.82. The molecule has 1 aliphatic heterocycles. The molecule has 5 nitrogen and oxygen atoms in total. The molecular weight excluding hydrogens is 295 g/mol. The van der Waals surface area contributed by atoms with Crippen LogP contribution in [0, 0.1) is 17.1 Å². The van der Waals surface area contributed by atoms with Gasteiger partial charge in [-0.1, -0.05) is 6.07 Å². The fourth-order valence-electron chi connectivity index (χ4n) is 2.67. The number of anilines is 1. The molecule has 1 saturated heterocycles. The first-order valence-electron chi connectivity index (χ1n) is 7.34. The van der Waals surface area contributed by atoms with Crippen LogP contribution in [0.25, 0.3) is 0 Å². The Kier molecular flexibility index (Phi) is 4.20. The molecular formula is C17H15FN4O. The van der Waals surface area contributed by atoms with Crippen LogP contribution in [0.2, 0.25) is 0 Å². The Balaban J connectivity index is 1.67. The summed E-state index contributed by atoms with van der Waals surface area (Å²) in [5.74, 6) is -0.542. The highest BCUT2D eigenvalue weighted by Gasteiger charge is 2.27. The van der Waals surface area contributed by atoms with E-state index in [9.17, 15) is 9.18 Å². The molecule has 0 bridgehead atoms. The van der Waals surface area contributed by atoms with E-state index in [0.717, 1.165) is 6.42 Å². The molecule has 23 heavy (non-hydrogen) atoms. The van der Waals surface area contributed by atoms with Crippen molar-refractivity contribution in [1.29, 1.82) is 5.26 Å². The summed E-state index contributed by atoms with van der Waals surface area (Å²) in [4.78, 5) is 18.2. The number of amides is 1. The second-order valence-electron chi connectivity index (χ2n) is 5.40. The average Bonchev–Trinajstić information content (AvgIpc) is 3.05. The van der Waals surface area contributed by atoms with Crippen molar-refractivity contribution in [3.05, 3.63) is 59.7 Å². The fraction of sp³-hybridized carbons (Fsp3) is 0.235. The van der Waals surface area contributed by atoms with Crippen LogP contribution >= 0.6 is 0 Å². The topological polar surface area (TPSA) is 69.0 Å². The van der Waals surface area contributed by atoms with Gasteiger partial charge in [0.2, 0.25) is 0 Å². The molecule has 1 amide bonds. The van der Waals surface area contributed by atoms with Gasteiger partial charge < -0.3 is 10.2 Å². The van der Waals surface area contributed by atoms with Crippen LogP contribution in [0.1, 0.15) is 22.5 Å². The van der Waals surface area contributed by atoms with E-state index >= 15 is 0 Å². The summed E-state index contributed by atoms with van der Waals surface area (Å²) >= 11 is 0. The number of nitriles is 1. The molecule has 0 saturated carbocycles. The SMILES string of the molecule is N#Cc1cc(F)ccc1NC1CCN(C(=O)c2ccccn2)C1. The van der Waals surface area contributed by atoms with Gasteiger partial charge in [-0.3, -0.25) is 9.78 Å². The molecule has 2 heterocycles. The van der Waals surface area contributed by atoms with Gasteiger partial charge in [0.15, 0.2) is 0 Å². The van der Waals surface area contributed by atoms with Crippen molar-refractivity contribution < 1.29 is 9.18 Å². The highest BCUT2D eigenvalue weighted by Crippen LogP contribution is 2.21. The minimum Gasteiger partial charge on any atom is -0.379 e. The molecule has 116 valence electrons. The maximum absolute atomic E-state index is 13.2. The Labute approximate surface area is 133 Å². The Bertz CT molecular complexity index is 757. The maximum atomic E-state index is 13.2. The number of hydrogen-bond acceptors (Lipinski definition) is 4. The highest BCUT2D eigenvalue weighted by molar-refractivity contribution is 5.92. The molecule has 1 aromatic carbocycles. The molecule has 0 radical (unpaired) electrons. The molecule has 0 spiro atoms. The van der Waals surface area contributed by atoms with Gasteiger partial charge in [0, 0.05) is 25.3 Å². The zero-order chi connectivity index (χ0) is 16.2. The van der Waals surface area contributed by atoms with Gasteiger partial charge >= 0.3 is 0 Å². The number of rotatable bonds is 3. The second kappa shape index (κ2) is 6.44. The lowest BCUT2D eigenvalue weighted by Gasteiger charge is -2.18. The number of carbonyl (C=O) groups is 1. The number of carbonyl (C=O) groups excluding carboxylic acids is 1. The zero-order valence-electron chi connectivity index (χ0n) is 12.4. The van der Waals surface area contributed by atoms with Crippen LogP contribution in [0.4, 0.5) is 10.1 Å². The monoisotopic (exact) mass is 310 g/mol. The van der Waals surface area contributed by atoms with Crippen molar-refractivity contribution in [2.75, 3.05) is 18.4 Å². The predicted octanol–water partition coefficient (Wildman–Crippen LogP) is 2.42. The molecule has 3 rings (SSSR count). The van der Waals surface area contributed by atoms with Gasteiger partial charge in [-0.15, -0.1) is 0 Å². The summed E-state index contributed by atoms with van der Waals surface area (Å²) in [6.45, 7) is 1.15. The van der Waals surface area contributed by atoms with E-state index in [1.807, 2.05) is 6.07 Å². The van der Waals surface area contributed by atoms with Gasteiger partial charge in [-0.05, 0) is 36.8 Å². The first kappa shape index (κ1) is 15.0. The molecule has 1 aliphatic rings. The number of likely N-dealkylation sites (tertiary alicyclic amines) is 1. The van der Waals surface area contributed by atoms with Crippen molar-refractivity contribution in [2.24, 2.45) is 0 Å².